The largest absolute Gasteiger partial charge is 0.494 e. The van der Waals surface area contributed by atoms with Gasteiger partial charge < -0.3 is 19.9 Å². The molecule has 0 saturated heterocycles. The summed E-state index contributed by atoms with van der Waals surface area (Å²) in [5.74, 6) is 0.688. The van der Waals surface area contributed by atoms with Crippen molar-refractivity contribution < 1.29 is 27.8 Å². The molecule has 8 heteroatoms. The third-order valence-electron chi connectivity index (χ3n) is 6.95. The van der Waals surface area contributed by atoms with E-state index >= 15 is 0 Å². The molecule has 1 unspecified atom stereocenters. The van der Waals surface area contributed by atoms with Crippen molar-refractivity contribution in [2.24, 2.45) is 0 Å². The Balaban J connectivity index is 1.46. The van der Waals surface area contributed by atoms with Gasteiger partial charge in [-0.15, -0.1) is 0 Å². The maximum Gasteiger partial charge on any atom is 0.304 e. The Morgan fingerprint density at radius 2 is 1.84 bits per heavy atom. The number of carboxylic acids is 1. The van der Waals surface area contributed by atoms with Crippen molar-refractivity contribution in [1.82, 2.24) is 0 Å². The molecule has 0 saturated carbocycles. The molecule has 3 aromatic rings. The van der Waals surface area contributed by atoms with Crippen LogP contribution in [-0.4, -0.2) is 44.7 Å². The zero-order valence-corrected chi connectivity index (χ0v) is 23.2. The van der Waals surface area contributed by atoms with Crippen LogP contribution in [0.1, 0.15) is 46.6 Å². The molecule has 4 rings (SSSR count). The molecule has 0 radical (unpaired) electrons. The fraction of sp³-hybridized carbons (Fsp3) is 0.367. The molecule has 3 aromatic carbocycles. The lowest BCUT2D eigenvalue weighted by atomic mass is 9.90. The van der Waals surface area contributed by atoms with Gasteiger partial charge in [0.1, 0.15) is 21.3 Å². The predicted molar refractivity (Wildman–Crippen MR) is 150 cm³/mol. The fourth-order valence-corrected chi connectivity index (χ4v) is 5.69. The summed E-state index contributed by atoms with van der Waals surface area (Å²) in [6.45, 7) is 7.66. The number of fused-ring (bicyclic) bond motifs is 1. The van der Waals surface area contributed by atoms with Crippen LogP contribution in [0.3, 0.4) is 0 Å². The van der Waals surface area contributed by atoms with Gasteiger partial charge in [0.25, 0.3) is 0 Å². The van der Waals surface area contributed by atoms with Gasteiger partial charge in [0.05, 0.1) is 25.4 Å². The van der Waals surface area contributed by atoms with Gasteiger partial charge in [-0.1, -0.05) is 24.3 Å². The molecule has 0 amide bonds. The molecule has 0 bridgehead atoms. The number of aliphatic carboxylic acids is 1. The van der Waals surface area contributed by atoms with Gasteiger partial charge in [0.2, 0.25) is 0 Å². The topological polar surface area (TPSA) is 102 Å². The maximum absolute atomic E-state index is 11.3. The summed E-state index contributed by atoms with van der Waals surface area (Å²) >= 11 is 0. The molecule has 0 aliphatic carbocycles. The van der Waals surface area contributed by atoms with Crippen LogP contribution in [0.4, 0.5) is 5.69 Å². The highest BCUT2D eigenvalue weighted by molar-refractivity contribution is 7.90. The Bertz CT molecular complexity index is 1420. The first-order chi connectivity index (χ1) is 18.0. The predicted octanol–water partition coefficient (Wildman–Crippen LogP) is 5.66. The summed E-state index contributed by atoms with van der Waals surface area (Å²) in [5, 5.41) is 12.6. The van der Waals surface area contributed by atoms with Gasteiger partial charge >= 0.3 is 5.97 Å². The van der Waals surface area contributed by atoms with E-state index < -0.39 is 15.8 Å². The van der Waals surface area contributed by atoms with Crippen molar-refractivity contribution in [2.45, 2.75) is 46.1 Å². The summed E-state index contributed by atoms with van der Waals surface area (Å²) in [6, 6.07) is 16.2. The molecular formula is C30H35NO6S. The summed E-state index contributed by atoms with van der Waals surface area (Å²) in [4.78, 5) is 11.1. The first-order valence-corrected chi connectivity index (χ1v) is 14.8. The number of carbonyl (C=O) groups is 1. The van der Waals surface area contributed by atoms with Crippen molar-refractivity contribution in [3.63, 3.8) is 0 Å². The lowest BCUT2D eigenvalue weighted by Gasteiger charge is -2.18. The summed E-state index contributed by atoms with van der Waals surface area (Å²) in [5.41, 5.74) is 8.77. The Hall–Kier alpha value is -3.52. The van der Waals surface area contributed by atoms with E-state index in [1.165, 1.54) is 22.9 Å². The van der Waals surface area contributed by atoms with Crippen molar-refractivity contribution >= 4 is 21.5 Å². The molecule has 202 valence electrons. The monoisotopic (exact) mass is 537 g/mol. The van der Waals surface area contributed by atoms with E-state index in [1.54, 1.807) is 0 Å². The number of sulfone groups is 1. The molecule has 0 spiro atoms. The smallest absolute Gasteiger partial charge is 0.304 e. The van der Waals surface area contributed by atoms with Gasteiger partial charge in [-0.2, -0.15) is 0 Å². The molecule has 0 fully saturated rings. The van der Waals surface area contributed by atoms with Gasteiger partial charge in [-0.05, 0) is 78.8 Å². The number of carboxylic acid groups (broad SMARTS) is 1. The molecule has 1 heterocycles. The molecule has 38 heavy (non-hydrogen) atoms. The number of hydrogen-bond donors (Lipinski definition) is 2. The minimum Gasteiger partial charge on any atom is -0.494 e. The highest BCUT2D eigenvalue weighted by Crippen LogP contribution is 2.38. The van der Waals surface area contributed by atoms with E-state index in [0.29, 0.717) is 26.2 Å². The minimum absolute atomic E-state index is 0.0703. The zero-order chi connectivity index (χ0) is 27.4. The van der Waals surface area contributed by atoms with E-state index in [-0.39, 0.29) is 18.1 Å². The molecule has 1 atom stereocenters. The summed E-state index contributed by atoms with van der Waals surface area (Å²) < 4.78 is 34.3. The van der Waals surface area contributed by atoms with Crippen LogP contribution in [0.25, 0.3) is 11.1 Å². The van der Waals surface area contributed by atoms with Gasteiger partial charge in [0, 0.05) is 36.0 Å². The third kappa shape index (κ3) is 6.67. The number of benzene rings is 3. The second-order valence-corrected chi connectivity index (χ2v) is 12.3. The first-order valence-electron chi connectivity index (χ1n) is 12.7. The summed E-state index contributed by atoms with van der Waals surface area (Å²) in [7, 11) is -2.99. The fourth-order valence-electron chi connectivity index (χ4n) is 5.05. The van der Waals surface area contributed by atoms with E-state index in [0.717, 1.165) is 39.4 Å². The van der Waals surface area contributed by atoms with Gasteiger partial charge in [-0.25, -0.2) is 8.42 Å². The Labute approximate surface area is 224 Å². The normalized spacial score (nSPS) is 14.6. The second-order valence-electron chi connectivity index (χ2n) is 10.1. The molecule has 2 N–H and O–H groups in total. The molecule has 1 aliphatic heterocycles. The molecule has 7 nitrogen and oxygen atoms in total. The lowest BCUT2D eigenvalue weighted by molar-refractivity contribution is -0.137. The number of ether oxygens (including phenoxy) is 2. The number of rotatable bonds is 11. The number of anilines is 1. The molecular weight excluding hydrogens is 502 g/mol. The second kappa shape index (κ2) is 11.5. The van der Waals surface area contributed by atoms with Gasteiger partial charge in [-0.3, -0.25) is 4.79 Å². The van der Waals surface area contributed by atoms with E-state index in [1.807, 2.05) is 30.3 Å². The molecule has 0 aromatic heterocycles. The molecule has 1 aliphatic rings. The van der Waals surface area contributed by atoms with Crippen LogP contribution < -0.4 is 14.8 Å². The van der Waals surface area contributed by atoms with E-state index in [4.69, 9.17) is 14.6 Å². The van der Waals surface area contributed by atoms with E-state index in [9.17, 15) is 13.2 Å². The lowest BCUT2D eigenvalue weighted by Crippen LogP contribution is -2.08. The van der Waals surface area contributed by atoms with Crippen molar-refractivity contribution in [2.75, 3.05) is 30.5 Å². The number of nitrogens with one attached hydrogen (secondary N) is 1. The SMILES string of the molecule is Cc1cc(OCCCS(C)(=O)=O)cc(C)c1-c1cccc(CNc2ccc3c(c2)OCC3CC(=O)O)c1C. The highest BCUT2D eigenvalue weighted by Gasteiger charge is 2.26. The highest BCUT2D eigenvalue weighted by atomic mass is 32.2. The Kier molecular flexibility index (Phi) is 8.31. The van der Waals surface area contributed by atoms with Crippen molar-refractivity contribution in [3.8, 4) is 22.6 Å². The van der Waals surface area contributed by atoms with Crippen LogP contribution in [0, 0.1) is 20.8 Å². The number of hydrogen-bond acceptors (Lipinski definition) is 6. The minimum atomic E-state index is -2.99. The summed E-state index contributed by atoms with van der Waals surface area (Å²) in [6.07, 6.45) is 1.77. The Morgan fingerprint density at radius 3 is 2.53 bits per heavy atom. The Morgan fingerprint density at radius 1 is 1.11 bits per heavy atom. The van der Waals surface area contributed by atoms with Crippen molar-refractivity contribution in [3.05, 3.63) is 76.3 Å². The van der Waals surface area contributed by atoms with Crippen LogP contribution in [-0.2, 0) is 21.2 Å². The van der Waals surface area contributed by atoms with Crippen molar-refractivity contribution in [1.29, 1.82) is 0 Å². The van der Waals surface area contributed by atoms with Crippen LogP contribution in [0.5, 0.6) is 11.5 Å². The quantitative estimate of drug-likeness (QED) is 0.305. The van der Waals surface area contributed by atoms with E-state index in [2.05, 4.69) is 44.3 Å². The van der Waals surface area contributed by atoms with Crippen LogP contribution >= 0.6 is 0 Å². The average molecular weight is 538 g/mol. The first kappa shape index (κ1) is 27.5. The maximum atomic E-state index is 11.3. The zero-order valence-electron chi connectivity index (χ0n) is 22.3. The van der Waals surface area contributed by atoms with Gasteiger partial charge in [0.15, 0.2) is 0 Å². The average Bonchev–Trinajstić information content (AvgIpc) is 3.22. The number of aryl methyl sites for hydroxylation is 2. The standard InChI is InChI=1S/C30H35NO6S/c1-19-13-25(36-11-6-12-38(4,34)35)14-20(2)30(19)26-8-5-7-22(21(26)3)17-31-24-9-10-27-23(15-29(32)33)18-37-28(27)16-24/h5,7-10,13-14,16,23,31H,6,11-12,15,17-18H2,1-4H3,(H,32,33). The third-order valence-corrected chi connectivity index (χ3v) is 7.98. The van der Waals surface area contributed by atoms with Crippen LogP contribution in [0.2, 0.25) is 0 Å². The van der Waals surface area contributed by atoms with Crippen LogP contribution in [0.15, 0.2) is 48.5 Å².